The molecular weight excluding hydrogens is 273 g/mol. The standard InChI is InChI=1S/C14H16FN5O/c15-11-1-3-12(4-2-11)20-6-5-10(9-20)7-16-14(21)13-8-17-19-18-13/h1-4,8,10H,5-7,9H2,(H,16,21)(H,17,18,19)/t10-/m0/s1. The van der Waals surface area contributed by atoms with Crippen LogP contribution in [0.2, 0.25) is 0 Å². The van der Waals surface area contributed by atoms with Crippen molar-refractivity contribution in [1.29, 1.82) is 0 Å². The monoisotopic (exact) mass is 289 g/mol. The van der Waals surface area contributed by atoms with Gasteiger partial charge in [0.2, 0.25) is 0 Å². The van der Waals surface area contributed by atoms with Crippen molar-refractivity contribution in [1.82, 2.24) is 20.7 Å². The number of aromatic amines is 1. The number of nitrogens with one attached hydrogen (secondary N) is 2. The minimum atomic E-state index is -0.227. The van der Waals surface area contributed by atoms with Crippen LogP contribution < -0.4 is 10.2 Å². The summed E-state index contributed by atoms with van der Waals surface area (Å²) in [5.41, 5.74) is 1.31. The Morgan fingerprint density at radius 3 is 2.95 bits per heavy atom. The maximum Gasteiger partial charge on any atom is 0.273 e. The number of H-pyrrole nitrogens is 1. The fourth-order valence-corrected chi connectivity index (χ4v) is 2.52. The van der Waals surface area contributed by atoms with Gasteiger partial charge in [0.15, 0.2) is 5.69 Å². The van der Waals surface area contributed by atoms with Gasteiger partial charge in [0, 0.05) is 25.3 Å². The predicted octanol–water partition coefficient (Wildman–Crippen LogP) is 1.20. The summed E-state index contributed by atoms with van der Waals surface area (Å²) < 4.78 is 12.9. The van der Waals surface area contributed by atoms with E-state index in [4.69, 9.17) is 0 Å². The molecule has 1 atom stereocenters. The molecule has 2 N–H and O–H groups in total. The van der Waals surface area contributed by atoms with E-state index in [9.17, 15) is 9.18 Å². The van der Waals surface area contributed by atoms with Gasteiger partial charge in [0.05, 0.1) is 6.20 Å². The van der Waals surface area contributed by atoms with Crippen LogP contribution in [0.4, 0.5) is 10.1 Å². The Balaban J connectivity index is 1.51. The number of carbonyl (C=O) groups is 1. The number of benzene rings is 1. The molecule has 1 aliphatic heterocycles. The molecule has 0 saturated carbocycles. The molecule has 1 aromatic carbocycles. The number of halogens is 1. The molecule has 6 nitrogen and oxygen atoms in total. The lowest BCUT2D eigenvalue weighted by Crippen LogP contribution is -2.31. The summed E-state index contributed by atoms with van der Waals surface area (Å²) in [5.74, 6) is -0.0655. The van der Waals surface area contributed by atoms with Crippen molar-refractivity contribution in [2.75, 3.05) is 24.5 Å². The Labute approximate surface area is 121 Å². The van der Waals surface area contributed by atoms with Crippen LogP contribution in [0.25, 0.3) is 0 Å². The zero-order valence-corrected chi connectivity index (χ0v) is 11.4. The van der Waals surface area contributed by atoms with E-state index in [2.05, 4.69) is 25.6 Å². The highest BCUT2D eigenvalue weighted by molar-refractivity contribution is 5.91. The summed E-state index contributed by atoms with van der Waals surface area (Å²) in [6.07, 6.45) is 2.39. The Kier molecular flexibility index (Phi) is 3.81. The largest absolute Gasteiger partial charge is 0.371 e. The van der Waals surface area contributed by atoms with Crippen molar-refractivity contribution < 1.29 is 9.18 Å². The van der Waals surface area contributed by atoms with Crippen LogP contribution in [0, 0.1) is 11.7 Å². The van der Waals surface area contributed by atoms with E-state index < -0.39 is 0 Å². The number of hydrogen-bond acceptors (Lipinski definition) is 4. The highest BCUT2D eigenvalue weighted by Crippen LogP contribution is 2.23. The van der Waals surface area contributed by atoms with Crippen LogP contribution >= 0.6 is 0 Å². The molecule has 21 heavy (non-hydrogen) atoms. The molecule has 0 radical (unpaired) electrons. The van der Waals surface area contributed by atoms with Gasteiger partial charge < -0.3 is 10.2 Å². The molecule has 1 aliphatic rings. The fourth-order valence-electron chi connectivity index (χ4n) is 2.52. The lowest BCUT2D eigenvalue weighted by Gasteiger charge is -2.18. The number of anilines is 1. The number of amides is 1. The Hall–Kier alpha value is -2.44. The quantitative estimate of drug-likeness (QED) is 0.887. The van der Waals surface area contributed by atoms with Gasteiger partial charge in [-0.1, -0.05) is 0 Å². The van der Waals surface area contributed by atoms with E-state index in [0.717, 1.165) is 25.2 Å². The van der Waals surface area contributed by atoms with Crippen LogP contribution in [-0.2, 0) is 0 Å². The third-order valence-electron chi connectivity index (χ3n) is 3.68. The number of rotatable bonds is 4. The molecule has 2 aromatic rings. The molecule has 1 aromatic heterocycles. The van der Waals surface area contributed by atoms with Crippen LogP contribution in [0.5, 0.6) is 0 Å². The summed E-state index contributed by atoms with van der Waals surface area (Å²) in [5, 5.41) is 12.6. The second kappa shape index (κ2) is 5.90. The van der Waals surface area contributed by atoms with Crippen LogP contribution in [-0.4, -0.2) is 41.0 Å². The van der Waals surface area contributed by atoms with Gasteiger partial charge in [0.25, 0.3) is 5.91 Å². The minimum absolute atomic E-state index is 0.219. The third kappa shape index (κ3) is 3.18. The summed E-state index contributed by atoms with van der Waals surface area (Å²) in [6.45, 7) is 2.37. The highest BCUT2D eigenvalue weighted by atomic mass is 19.1. The topological polar surface area (TPSA) is 73.9 Å². The molecule has 0 bridgehead atoms. The van der Waals surface area contributed by atoms with E-state index in [0.29, 0.717) is 18.2 Å². The summed E-state index contributed by atoms with van der Waals surface area (Å²) >= 11 is 0. The molecule has 7 heteroatoms. The number of hydrogen-bond donors (Lipinski definition) is 2. The highest BCUT2D eigenvalue weighted by Gasteiger charge is 2.23. The normalized spacial score (nSPS) is 18.0. The Morgan fingerprint density at radius 1 is 1.43 bits per heavy atom. The molecule has 1 amide bonds. The van der Waals surface area contributed by atoms with Crippen LogP contribution in [0.15, 0.2) is 30.5 Å². The lowest BCUT2D eigenvalue weighted by molar-refractivity contribution is 0.0943. The Bertz CT molecular complexity index is 598. The number of nitrogens with zero attached hydrogens (tertiary/aromatic N) is 3. The van der Waals surface area contributed by atoms with Crippen molar-refractivity contribution in [2.45, 2.75) is 6.42 Å². The lowest BCUT2D eigenvalue weighted by atomic mass is 10.1. The van der Waals surface area contributed by atoms with Crippen molar-refractivity contribution in [3.63, 3.8) is 0 Å². The van der Waals surface area contributed by atoms with Crippen molar-refractivity contribution in [2.24, 2.45) is 5.92 Å². The van der Waals surface area contributed by atoms with Gasteiger partial charge >= 0.3 is 0 Å². The third-order valence-corrected chi connectivity index (χ3v) is 3.68. The molecule has 2 heterocycles. The molecule has 1 saturated heterocycles. The smallest absolute Gasteiger partial charge is 0.273 e. The minimum Gasteiger partial charge on any atom is -0.371 e. The molecule has 0 aliphatic carbocycles. The van der Waals surface area contributed by atoms with Gasteiger partial charge in [-0.05, 0) is 36.6 Å². The van der Waals surface area contributed by atoms with Crippen molar-refractivity contribution in [3.8, 4) is 0 Å². The number of carbonyl (C=O) groups excluding carboxylic acids is 1. The van der Waals surface area contributed by atoms with Gasteiger partial charge in [-0.15, -0.1) is 0 Å². The molecule has 3 rings (SSSR count). The van der Waals surface area contributed by atoms with E-state index in [-0.39, 0.29) is 11.7 Å². The molecular formula is C14H16FN5O. The number of aromatic nitrogens is 3. The maximum atomic E-state index is 12.9. The second-order valence-electron chi connectivity index (χ2n) is 5.14. The van der Waals surface area contributed by atoms with Gasteiger partial charge in [-0.2, -0.15) is 15.4 Å². The zero-order valence-electron chi connectivity index (χ0n) is 11.4. The second-order valence-corrected chi connectivity index (χ2v) is 5.14. The maximum absolute atomic E-state index is 12.9. The molecule has 0 unspecified atom stereocenters. The summed E-state index contributed by atoms with van der Waals surface area (Å²) in [6, 6.07) is 6.50. The molecule has 0 spiro atoms. The first kappa shape index (κ1) is 13.5. The van der Waals surface area contributed by atoms with Gasteiger partial charge in [0.1, 0.15) is 5.82 Å². The van der Waals surface area contributed by atoms with Gasteiger partial charge in [-0.3, -0.25) is 4.79 Å². The van der Waals surface area contributed by atoms with Gasteiger partial charge in [-0.25, -0.2) is 4.39 Å². The summed E-state index contributed by atoms with van der Waals surface area (Å²) in [7, 11) is 0. The zero-order chi connectivity index (χ0) is 14.7. The first-order valence-electron chi connectivity index (χ1n) is 6.87. The molecule has 1 fully saturated rings. The van der Waals surface area contributed by atoms with E-state index in [1.54, 1.807) is 12.1 Å². The van der Waals surface area contributed by atoms with E-state index >= 15 is 0 Å². The average Bonchev–Trinajstić information content (AvgIpc) is 3.17. The van der Waals surface area contributed by atoms with Crippen LogP contribution in [0.1, 0.15) is 16.9 Å². The SMILES string of the molecule is O=C(NC[C@@H]1CCN(c2ccc(F)cc2)C1)c1cn[nH]n1. The van der Waals surface area contributed by atoms with Crippen LogP contribution in [0.3, 0.4) is 0 Å². The Morgan fingerprint density at radius 2 is 2.24 bits per heavy atom. The summed E-state index contributed by atoms with van der Waals surface area (Å²) in [4.78, 5) is 14.0. The van der Waals surface area contributed by atoms with Crippen molar-refractivity contribution in [3.05, 3.63) is 42.0 Å². The first-order valence-corrected chi connectivity index (χ1v) is 6.87. The van der Waals surface area contributed by atoms with E-state index in [1.165, 1.54) is 18.3 Å². The molecule has 110 valence electrons. The fraction of sp³-hybridized carbons (Fsp3) is 0.357. The van der Waals surface area contributed by atoms with Crippen molar-refractivity contribution >= 4 is 11.6 Å². The first-order chi connectivity index (χ1) is 10.2. The predicted molar refractivity (Wildman–Crippen MR) is 75.4 cm³/mol. The van der Waals surface area contributed by atoms with E-state index in [1.807, 2.05) is 0 Å². The average molecular weight is 289 g/mol.